The van der Waals surface area contributed by atoms with Crippen LogP contribution in [0.2, 0.25) is 10.0 Å². The second kappa shape index (κ2) is 7.05. The summed E-state index contributed by atoms with van der Waals surface area (Å²) in [5.74, 6) is -0.914. The first-order valence-corrected chi connectivity index (χ1v) is 7.81. The highest BCUT2D eigenvalue weighted by molar-refractivity contribution is 9.10. The van der Waals surface area contributed by atoms with Gasteiger partial charge in [-0.2, -0.15) is 0 Å². The molecule has 0 saturated carbocycles. The molecule has 0 fully saturated rings. The Hall–Kier alpha value is -0.680. The van der Waals surface area contributed by atoms with Crippen LogP contribution in [0.4, 0.5) is 8.78 Å². The molecule has 2 aromatic rings. The Morgan fingerprint density at radius 1 is 1.10 bits per heavy atom. The smallest absolute Gasteiger partial charge is 0.141 e. The van der Waals surface area contributed by atoms with Gasteiger partial charge in [-0.1, -0.05) is 36.2 Å². The minimum Gasteiger partial charge on any atom is -0.306 e. The van der Waals surface area contributed by atoms with Crippen molar-refractivity contribution in [3.8, 4) is 0 Å². The van der Waals surface area contributed by atoms with Gasteiger partial charge in [-0.05, 0) is 52.3 Å². The van der Waals surface area contributed by atoms with Gasteiger partial charge < -0.3 is 5.32 Å². The maximum absolute atomic E-state index is 14.2. The van der Waals surface area contributed by atoms with Crippen LogP contribution < -0.4 is 5.32 Å². The second-order valence-electron chi connectivity index (χ2n) is 4.45. The molecule has 0 aliphatic carbocycles. The summed E-state index contributed by atoms with van der Waals surface area (Å²) in [7, 11) is 0. The SMILES string of the molecule is CCNC(c1ccc(F)c(Cl)c1)c1cc(Cl)c(Br)cc1F. The quantitative estimate of drug-likeness (QED) is 0.652. The summed E-state index contributed by atoms with van der Waals surface area (Å²) in [5, 5.41) is 3.56. The van der Waals surface area contributed by atoms with Gasteiger partial charge in [0.2, 0.25) is 0 Å². The molecule has 1 unspecified atom stereocenters. The van der Waals surface area contributed by atoms with E-state index in [2.05, 4.69) is 21.2 Å². The van der Waals surface area contributed by atoms with Crippen molar-refractivity contribution in [1.82, 2.24) is 5.32 Å². The van der Waals surface area contributed by atoms with E-state index in [1.165, 1.54) is 18.2 Å². The van der Waals surface area contributed by atoms with E-state index >= 15 is 0 Å². The van der Waals surface area contributed by atoms with Gasteiger partial charge >= 0.3 is 0 Å². The lowest BCUT2D eigenvalue weighted by molar-refractivity contribution is 0.557. The Balaban J connectivity index is 2.52. The van der Waals surface area contributed by atoms with Gasteiger partial charge in [0, 0.05) is 10.0 Å². The molecular weight excluding hydrogens is 383 g/mol. The lowest BCUT2D eigenvalue weighted by Gasteiger charge is -2.20. The average molecular weight is 395 g/mol. The molecule has 2 rings (SSSR count). The highest BCUT2D eigenvalue weighted by Crippen LogP contribution is 2.32. The Labute approximate surface area is 140 Å². The van der Waals surface area contributed by atoms with Gasteiger partial charge in [0.05, 0.1) is 16.1 Å². The van der Waals surface area contributed by atoms with E-state index in [0.29, 0.717) is 27.2 Å². The first-order chi connectivity index (χ1) is 9.93. The van der Waals surface area contributed by atoms with Crippen molar-refractivity contribution in [3.63, 3.8) is 0 Å². The van der Waals surface area contributed by atoms with E-state index in [0.717, 1.165) is 0 Å². The average Bonchev–Trinajstić information content (AvgIpc) is 2.44. The molecule has 0 bridgehead atoms. The van der Waals surface area contributed by atoms with Gasteiger partial charge in [0.1, 0.15) is 11.6 Å². The molecule has 112 valence electrons. The zero-order chi connectivity index (χ0) is 15.6. The third-order valence-corrected chi connectivity index (χ3v) is 4.52. The highest BCUT2D eigenvalue weighted by Gasteiger charge is 2.19. The Kier molecular flexibility index (Phi) is 5.60. The normalized spacial score (nSPS) is 12.5. The summed E-state index contributed by atoms with van der Waals surface area (Å²) < 4.78 is 28.0. The summed E-state index contributed by atoms with van der Waals surface area (Å²) in [4.78, 5) is 0. The molecule has 0 aliphatic heterocycles. The van der Waals surface area contributed by atoms with Crippen molar-refractivity contribution in [2.45, 2.75) is 13.0 Å². The molecule has 0 spiro atoms. The van der Waals surface area contributed by atoms with E-state index < -0.39 is 17.7 Å². The molecule has 0 radical (unpaired) electrons. The van der Waals surface area contributed by atoms with Crippen LogP contribution in [-0.2, 0) is 0 Å². The summed E-state index contributed by atoms with van der Waals surface area (Å²) in [6, 6.07) is 6.72. The zero-order valence-corrected chi connectivity index (χ0v) is 14.2. The van der Waals surface area contributed by atoms with E-state index in [9.17, 15) is 8.78 Å². The van der Waals surface area contributed by atoms with Crippen LogP contribution in [0, 0.1) is 11.6 Å². The van der Waals surface area contributed by atoms with Crippen molar-refractivity contribution >= 4 is 39.1 Å². The molecular formula is C15H12BrCl2F2N. The predicted molar refractivity (Wildman–Crippen MR) is 86.0 cm³/mol. The minimum absolute atomic E-state index is 0.000908. The van der Waals surface area contributed by atoms with E-state index in [4.69, 9.17) is 23.2 Å². The van der Waals surface area contributed by atoms with Gasteiger partial charge in [0.25, 0.3) is 0 Å². The molecule has 2 aromatic carbocycles. The molecule has 0 aliphatic rings. The van der Waals surface area contributed by atoms with E-state index in [1.807, 2.05) is 6.92 Å². The molecule has 1 nitrogen and oxygen atoms in total. The highest BCUT2D eigenvalue weighted by atomic mass is 79.9. The molecule has 1 atom stereocenters. The lowest BCUT2D eigenvalue weighted by atomic mass is 9.98. The van der Waals surface area contributed by atoms with E-state index in [-0.39, 0.29) is 5.02 Å². The van der Waals surface area contributed by atoms with Crippen LogP contribution in [0.1, 0.15) is 24.1 Å². The Morgan fingerprint density at radius 3 is 2.43 bits per heavy atom. The summed E-state index contributed by atoms with van der Waals surface area (Å²) in [5.41, 5.74) is 1.05. The third-order valence-electron chi connectivity index (χ3n) is 3.04. The minimum atomic E-state index is -0.509. The first kappa shape index (κ1) is 16.7. The number of rotatable bonds is 4. The Bertz CT molecular complexity index is 664. The van der Waals surface area contributed by atoms with Crippen LogP contribution in [0.25, 0.3) is 0 Å². The summed E-state index contributed by atoms with van der Waals surface area (Å²) in [6.07, 6.45) is 0. The molecule has 0 saturated heterocycles. The number of nitrogens with one attached hydrogen (secondary N) is 1. The molecule has 1 N–H and O–H groups in total. The van der Waals surface area contributed by atoms with Gasteiger partial charge in [-0.15, -0.1) is 0 Å². The monoisotopic (exact) mass is 393 g/mol. The number of hydrogen-bond acceptors (Lipinski definition) is 1. The summed E-state index contributed by atoms with van der Waals surface area (Å²) in [6.45, 7) is 2.50. The largest absolute Gasteiger partial charge is 0.306 e. The second-order valence-corrected chi connectivity index (χ2v) is 6.12. The standard InChI is InChI=1S/C15H12BrCl2F2N/c1-2-21-15(8-3-4-13(19)12(18)5-8)9-6-11(17)10(16)7-14(9)20/h3-7,15,21H,2H2,1H3. The zero-order valence-electron chi connectivity index (χ0n) is 11.1. The van der Waals surface area contributed by atoms with Crippen LogP contribution >= 0.6 is 39.1 Å². The molecule has 6 heteroatoms. The van der Waals surface area contributed by atoms with Gasteiger partial charge in [-0.3, -0.25) is 0 Å². The number of benzene rings is 2. The maximum Gasteiger partial charge on any atom is 0.141 e. The maximum atomic E-state index is 14.2. The molecule has 0 heterocycles. The number of hydrogen-bond donors (Lipinski definition) is 1. The van der Waals surface area contributed by atoms with Crippen molar-refractivity contribution in [2.75, 3.05) is 6.54 Å². The van der Waals surface area contributed by atoms with Crippen molar-refractivity contribution in [2.24, 2.45) is 0 Å². The predicted octanol–water partition coefficient (Wildman–Crippen LogP) is 5.73. The first-order valence-electron chi connectivity index (χ1n) is 6.26. The van der Waals surface area contributed by atoms with E-state index in [1.54, 1.807) is 12.1 Å². The van der Waals surface area contributed by atoms with Crippen LogP contribution in [0.15, 0.2) is 34.8 Å². The molecule has 0 amide bonds. The van der Waals surface area contributed by atoms with Crippen molar-refractivity contribution < 1.29 is 8.78 Å². The fourth-order valence-electron chi connectivity index (χ4n) is 2.06. The summed E-state index contributed by atoms with van der Waals surface area (Å²) >= 11 is 15.0. The number of halogens is 5. The van der Waals surface area contributed by atoms with Gasteiger partial charge in [-0.25, -0.2) is 8.78 Å². The third kappa shape index (κ3) is 3.75. The van der Waals surface area contributed by atoms with Gasteiger partial charge in [0.15, 0.2) is 0 Å². The van der Waals surface area contributed by atoms with Crippen LogP contribution in [0.5, 0.6) is 0 Å². The molecule has 21 heavy (non-hydrogen) atoms. The fraction of sp³-hybridized carbons (Fsp3) is 0.200. The van der Waals surface area contributed by atoms with Crippen molar-refractivity contribution in [1.29, 1.82) is 0 Å². The molecule has 0 aromatic heterocycles. The fourth-order valence-corrected chi connectivity index (χ4v) is 2.74. The Morgan fingerprint density at radius 2 is 1.81 bits per heavy atom. The lowest BCUT2D eigenvalue weighted by Crippen LogP contribution is -2.23. The van der Waals surface area contributed by atoms with Crippen LogP contribution in [0.3, 0.4) is 0 Å². The van der Waals surface area contributed by atoms with Crippen LogP contribution in [-0.4, -0.2) is 6.54 Å². The van der Waals surface area contributed by atoms with Crippen molar-refractivity contribution in [3.05, 3.63) is 67.6 Å². The topological polar surface area (TPSA) is 12.0 Å².